The predicted molar refractivity (Wildman–Crippen MR) is 84.6 cm³/mol. The lowest BCUT2D eigenvalue weighted by Gasteiger charge is -2.37. The van der Waals surface area contributed by atoms with Gasteiger partial charge in [0.1, 0.15) is 5.82 Å². The van der Waals surface area contributed by atoms with Crippen molar-refractivity contribution < 1.29 is 4.39 Å². The van der Waals surface area contributed by atoms with Crippen LogP contribution in [-0.2, 0) is 0 Å². The largest absolute Gasteiger partial charge is 0.381 e. The number of halogens is 2. The molecule has 1 N–H and O–H groups in total. The maximum Gasteiger partial charge on any atom is 0.126 e. The average Bonchev–Trinajstić information content (AvgIpc) is 2.45. The van der Waals surface area contributed by atoms with E-state index in [0.29, 0.717) is 17.5 Å². The molecule has 1 aliphatic rings. The number of nitrogens with one attached hydrogen (secondary N) is 1. The Bertz CT molecular complexity index is 702. The van der Waals surface area contributed by atoms with E-state index in [0.717, 1.165) is 28.6 Å². The summed E-state index contributed by atoms with van der Waals surface area (Å²) >= 11 is 3.47. The van der Waals surface area contributed by atoms with Gasteiger partial charge in [-0.2, -0.15) is 5.26 Å². The fraction of sp³-hybridized carbons (Fsp3) is 0.235. The number of benzene rings is 2. The first-order chi connectivity index (χ1) is 10.2. The van der Waals surface area contributed by atoms with Crippen LogP contribution in [-0.4, -0.2) is 6.04 Å². The fourth-order valence-corrected chi connectivity index (χ4v) is 3.21. The van der Waals surface area contributed by atoms with Crippen LogP contribution in [0.1, 0.15) is 29.9 Å². The summed E-state index contributed by atoms with van der Waals surface area (Å²) < 4.78 is 14.6. The van der Waals surface area contributed by atoms with Crippen LogP contribution in [0.25, 0.3) is 0 Å². The zero-order valence-corrected chi connectivity index (χ0v) is 12.9. The third-order valence-corrected chi connectivity index (χ3v) is 4.60. The van der Waals surface area contributed by atoms with E-state index in [-0.39, 0.29) is 5.82 Å². The van der Waals surface area contributed by atoms with Crippen LogP contribution < -0.4 is 5.32 Å². The van der Waals surface area contributed by atoms with Gasteiger partial charge in [0.15, 0.2) is 0 Å². The number of hydrogen-bond acceptors (Lipinski definition) is 2. The molecule has 0 bridgehead atoms. The van der Waals surface area contributed by atoms with Crippen molar-refractivity contribution in [2.24, 2.45) is 0 Å². The van der Waals surface area contributed by atoms with E-state index in [9.17, 15) is 4.39 Å². The molecule has 3 rings (SSSR count). The van der Waals surface area contributed by atoms with Crippen molar-refractivity contribution in [2.75, 3.05) is 5.32 Å². The molecular formula is C17H14BrFN2. The molecule has 2 aromatic carbocycles. The first-order valence-electron chi connectivity index (χ1n) is 6.88. The molecule has 21 heavy (non-hydrogen) atoms. The topological polar surface area (TPSA) is 35.8 Å². The van der Waals surface area contributed by atoms with Gasteiger partial charge >= 0.3 is 0 Å². The van der Waals surface area contributed by atoms with E-state index >= 15 is 0 Å². The van der Waals surface area contributed by atoms with Crippen LogP contribution in [0.2, 0.25) is 0 Å². The van der Waals surface area contributed by atoms with E-state index in [1.807, 2.05) is 18.2 Å². The van der Waals surface area contributed by atoms with E-state index in [2.05, 4.69) is 27.3 Å². The lowest BCUT2D eigenvalue weighted by Crippen LogP contribution is -2.34. The van der Waals surface area contributed by atoms with Crippen molar-refractivity contribution >= 4 is 21.6 Å². The quantitative estimate of drug-likeness (QED) is 0.866. The summed E-state index contributed by atoms with van der Waals surface area (Å²) in [5.74, 6) is 0.182. The molecule has 0 saturated heterocycles. The van der Waals surface area contributed by atoms with Crippen molar-refractivity contribution in [1.29, 1.82) is 5.26 Å². The summed E-state index contributed by atoms with van der Waals surface area (Å²) in [6.45, 7) is 0. The van der Waals surface area contributed by atoms with Crippen LogP contribution in [0.3, 0.4) is 0 Å². The SMILES string of the molecule is N#Cc1ccc(NC2CC(c3ccccc3F)C2)c(Br)c1. The maximum atomic E-state index is 13.7. The zero-order valence-electron chi connectivity index (χ0n) is 11.3. The first-order valence-corrected chi connectivity index (χ1v) is 7.67. The zero-order chi connectivity index (χ0) is 14.8. The smallest absolute Gasteiger partial charge is 0.126 e. The molecule has 2 aromatic rings. The van der Waals surface area contributed by atoms with E-state index in [4.69, 9.17) is 5.26 Å². The van der Waals surface area contributed by atoms with Crippen molar-refractivity contribution in [3.8, 4) is 6.07 Å². The van der Waals surface area contributed by atoms with Gasteiger partial charge in [0, 0.05) is 16.2 Å². The second-order valence-electron chi connectivity index (χ2n) is 5.34. The van der Waals surface area contributed by atoms with E-state index < -0.39 is 0 Å². The molecule has 1 fully saturated rings. The van der Waals surface area contributed by atoms with Gasteiger partial charge < -0.3 is 5.32 Å². The Morgan fingerprint density at radius 1 is 1.19 bits per heavy atom. The van der Waals surface area contributed by atoms with Crippen LogP contribution in [0.5, 0.6) is 0 Å². The summed E-state index contributed by atoms with van der Waals surface area (Å²) in [6.07, 6.45) is 1.85. The molecule has 4 heteroatoms. The average molecular weight is 345 g/mol. The summed E-state index contributed by atoms with van der Waals surface area (Å²) in [5, 5.41) is 12.3. The van der Waals surface area contributed by atoms with Crippen molar-refractivity contribution in [3.05, 3.63) is 63.9 Å². The van der Waals surface area contributed by atoms with Crippen molar-refractivity contribution in [2.45, 2.75) is 24.8 Å². The molecule has 1 saturated carbocycles. The maximum absolute atomic E-state index is 13.7. The highest BCUT2D eigenvalue weighted by molar-refractivity contribution is 9.10. The number of rotatable bonds is 3. The molecule has 2 nitrogen and oxygen atoms in total. The summed E-state index contributed by atoms with van der Waals surface area (Å²) in [4.78, 5) is 0. The summed E-state index contributed by atoms with van der Waals surface area (Å²) in [7, 11) is 0. The van der Waals surface area contributed by atoms with Gasteiger partial charge in [-0.05, 0) is 64.5 Å². The Labute approximate surface area is 131 Å². The fourth-order valence-electron chi connectivity index (χ4n) is 2.72. The molecular weight excluding hydrogens is 331 g/mol. The molecule has 0 aromatic heterocycles. The highest BCUT2D eigenvalue weighted by Crippen LogP contribution is 2.40. The second-order valence-corrected chi connectivity index (χ2v) is 6.19. The standard InChI is InChI=1S/C17H14BrFN2/c18-15-7-11(10-20)5-6-17(15)21-13-8-12(9-13)14-3-1-2-4-16(14)19/h1-7,12-13,21H,8-9H2. The van der Waals surface area contributed by atoms with Crippen molar-refractivity contribution in [3.63, 3.8) is 0 Å². The van der Waals surface area contributed by atoms with Gasteiger partial charge in [-0.1, -0.05) is 18.2 Å². The lowest BCUT2D eigenvalue weighted by molar-refractivity contribution is 0.363. The minimum absolute atomic E-state index is 0.111. The minimum atomic E-state index is -0.111. The van der Waals surface area contributed by atoms with Crippen LogP contribution >= 0.6 is 15.9 Å². The van der Waals surface area contributed by atoms with E-state index in [1.165, 1.54) is 6.07 Å². The monoisotopic (exact) mass is 344 g/mol. The van der Waals surface area contributed by atoms with Crippen LogP contribution in [0, 0.1) is 17.1 Å². The lowest BCUT2D eigenvalue weighted by atomic mass is 9.75. The van der Waals surface area contributed by atoms with Crippen LogP contribution in [0.4, 0.5) is 10.1 Å². The Morgan fingerprint density at radius 3 is 2.62 bits per heavy atom. The minimum Gasteiger partial charge on any atom is -0.381 e. The number of anilines is 1. The normalized spacial score (nSPS) is 20.4. The highest BCUT2D eigenvalue weighted by Gasteiger charge is 2.32. The molecule has 106 valence electrons. The number of nitrogens with zero attached hydrogens (tertiary/aromatic N) is 1. The molecule has 0 atom stereocenters. The molecule has 0 heterocycles. The molecule has 0 amide bonds. The predicted octanol–water partition coefficient (Wildman–Crippen LogP) is 4.82. The Morgan fingerprint density at radius 2 is 1.95 bits per heavy atom. The Balaban J connectivity index is 1.63. The molecule has 0 aliphatic heterocycles. The Hall–Kier alpha value is -1.86. The van der Waals surface area contributed by atoms with Gasteiger partial charge in [0.2, 0.25) is 0 Å². The second kappa shape index (κ2) is 5.87. The molecule has 0 radical (unpaired) electrons. The van der Waals surface area contributed by atoms with Gasteiger partial charge in [-0.3, -0.25) is 0 Å². The molecule has 0 unspecified atom stereocenters. The highest BCUT2D eigenvalue weighted by atomic mass is 79.9. The molecule has 1 aliphatic carbocycles. The third kappa shape index (κ3) is 2.93. The van der Waals surface area contributed by atoms with E-state index in [1.54, 1.807) is 18.2 Å². The number of nitriles is 1. The van der Waals surface area contributed by atoms with Gasteiger partial charge in [0.05, 0.1) is 11.6 Å². The Kier molecular flexibility index (Phi) is 3.94. The van der Waals surface area contributed by atoms with Gasteiger partial charge in [-0.15, -0.1) is 0 Å². The first kappa shape index (κ1) is 14.1. The van der Waals surface area contributed by atoms with Gasteiger partial charge in [-0.25, -0.2) is 4.39 Å². The number of hydrogen-bond donors (Lipinski definition) is 1. The molecule has 0 spiro atoms. The van der Waals surface area contributed by atoms with Crippen molar-refractivity contribution in [1.82, 2.24) is 0 Å². The van der Waals surface area contributed by atoms with Gasteiger partial charge in [0.25, 0.3) is 0 Å². The van der Waals surface area contributed by atoms with Crippen LogP contribution in [0.15, 0.2) is 46.9 Å². The summed E-state index contributed by atoms with van der Waals surface area (Å²) in [5.41, 5.74) is 2.42. The third-order valence-electron chi connectivity index (χ3n) is 3.94. The summed E-state index contributed by atoms with van der Waals surface area (Å²) in [6, 6.07) is 15.0.